The number of aldehydes is 1. The van der Waals surface area contributed by atoms with E-state index in [1.54, 1.807) is 29.6 Å². The molecule has 0 fully saturated rings. The molecule has 9 heteroatoms. The maximum atomic E-state index is 12.9. The Hall–Kier alpha value is -2.81. The number of halogens is 6. The molecule has 3 aromatic rings. The summed E-state index contributed by atoms with van der Waals surface area (Å²) in [6, 6.07) is 9.47. The Morgan fingerprint density at radius 3 is 2.14 bits per heavy atom. The molecule has 0 radical (unpaired) electrons. The number of carbonyl (C=O) groups excluding carboxylic acids is 1. The van der Waals surface area contributed by atoms with E-state index in [0.717, 1.165) is 0 Å². The molecule has 0 saturated carbocycles. The van der Waals surface area contributed by atoms with Crippen molar-refractivity contribution in [3.8, 4) is 16.9 Å². The molecule has 0 unspecified atom stereocenters. The molecule has 0 bridgehead atoms. The van der Waals surface area contributed by atoms with Gasteiger partial charge in [-0.3, -0.25) is 4.79 Å². The average molecular weight is 430 g/mol. The number of hydrogen-bond donors (Lipinski definition) is 0. The van der Waals surface area contributed by atoms with Crippen molar-refractivity contribution in [3.05, 3.63) is 75.5 Å². The maximum Gasteiger partial charge on any atom is 0.416 e. The quantitative estimate of drug-likeness (QED) is 0.327. The van der Waals surface area contributed by atoms with E-state index < -0.39 is 30.1 Å². The van der Waals surface area contributed by atoms with Crippen LogP contribution in [0.15, 0.2) is 53.9 Å². The third-order valence-electron chi connectivity index (χ3n) is 4.00. The summed E-state index contributed by atoms with van der Waals surface area (Å²) in [7, 11) is 0. The molecule has 1 aromatic heterocycles. The predicted octanol–water partition coefficient (Wildman–Crippen LogP) is 6.84. The Labute approximate surface area is 165 Å². The summed E-state index contributed by atoms with van der Waals surface area (Å²) in [5.41, 5.74) is -1.75. The van der Waals surface area contributed by atoms with Gasteiger partial charge in [0.05, 0.1) is 16.0 Å². The minimum Gasteiger partial charge on any atom is -0.489 e. The van der Waals surface area contributed by atoms with E-state index in [2.05, 4.69) is 0 Å². The summed E-state index contributed by atoms with van der Waals surface area (Å²) in [4.78, 5) is 11.6. The summed E-state index contributed by atoms with van der Waals surface area (Å²) in [6.45, 7) is -0.485. The second-order valence-corrected chi connectivity index (χ2v) is 6.99. The lowest BCUT2D eigenvalue weighted by Crippen LogP contribution is -2.12. The highest BCUT2D eigenvalue weighted by molar-refractivity contribution is 7.12. The summed E-state index contributed by atoms with van der Waals surface area (Å²) >= 11 is 1.25. The fourth-order valence-corrected chi connectivity index (χ4v) is 3.39. The molecule has 3 rings (SSSR count). The van der Waals surface area contributed by atoms with Crippen LogP contribution in [-0.4, -0.2) is 6.29 Å². The largest absolute Gasteiger partial charge is 0.489 e. The van der Waals surface area contributed by atoms with Gasteiger partial charge in [-0.15, -0.1) is 11.3 Å². The van der Waals surface area contributed by atoms with Crippen molar-refractivity contribution < 1.29 is 35.9 Å². The lowest BCUT2D eigenvalue weighted by Gasteiger charge is -2.15. The van der Waals surface area contributed by atoms with E-state index in [1.807, 2.05) is 0 Å². The van der Waals surface area contributed by atoms with Crippen LogP contribution in [0, 0.1) is 0 Å². The van der Waals surface area contributed by atoms with Crippen LogP contribution in [0.25, 0.3) is 11.1 Å². The fourth-order valence-electron chi connectivity index (χ4n) is 2.67. The van der Waals surface area contributed by atoms with Gasteiger partial charge in [-0.2, -0.15) is 26.3 Å². The normalized spacial score (nSPS) is 12.1. The van der Waals surface area contributed by atoms with Gasteiger partial charge in [-0.1, -0.05) is 12.1 Å². The monoisotopic (exact) mass is 430 g/mol. The van der Waals surface area contributed by atoms with E-state index in [9.17, 15) is 31.1 Å². The summed E-state index contributed by atoms with van der Waals surface area (Å²) in [5, 5.41) is 1.73. The van der Waals surface area contributed by atoms with Crippen LogP contribution in [0.3, 0.4) is 0 Å². The number of carbonyl (C=O) groups is 1. The summed E-state index contributed by atoms with van der Waals surface area (Å²) in [6.07, 6.45) is -9.13. The number of rotatable bonds is 5. The molecule has 2 aromatic carbocycles. The number of hydrogen-bond acceptors (Lipinski definition) is 3. The van der Waals surface area contributed by atoms with Crippen LogP contribution in [0.5, 0.6) is 5.75 Å². The number of ether oxygens (including phenoxy) is 1. The molecule has 2 nitrogen and oxygen atoms in total. The van der Waals surface area contributed by atoms with Gasteiger partial charge in [-0.25, -0.2) is 0 Å². The van der Waals surface area contributed by atoms with E-state index in [1.165, 1.54) is 17.4 Å². The molecular weight excluding hydrogens is 418 g/mol. The van der Waals surface area contributed by atoms with Crippen LogP contribution in [0.2, 0.25) is 0 Å². The fraction of sp³-hybridized carbons (Fsp3) is 0.150. The number of alkyl halides is 6. The van der Waals surface area contributed by atoms with Gasteiger partial charge in [0.25, 0.3) is 0 Å². The van der Waals surface area contributed by atoms with E-state index in [4.69, 9.17) is 4.74 Å². The molecule has 0 amide bonds. The maximum absolute atomic E-state index is 12.9. The van der Waals surface area contributed by atoms with Crippen molar-refractivity contribution in [2.75, 3.05) is 0 Å². The Kier molecular flexibility index (Phi) is 5.70. The molecule has 0 aliphatic rings. The van der Waals surface area contributed by atoms with Crippen LogP contribution in [0.4, 0.5) is 26.3 Å². The van der Waals surface area contributed by atoms with Crippen molar-refractivity contribution in [1.29, 1.82) is 0 Å². The smallest absolute Gasteiger partial charge is 0.416 e. The molecule has 0 aliphatic heterocycles. The molecule has 152 valence electrons. The lowest BCUT2D eigenvalue weighted by atomic mass is 10.0. The predicted molar refractivity (Wildman–Crippen MR) is 95.9 cm³/mol. The Bertz CT molecular complexity index is 988. The third kappa shape index (κ3) is 4.97. The van der Waals surface area contributed by atoms with Crippen molar-refractivity contribution >= 4 is 17.6 Å². The van der Waals surface area contributed by atoms with Gasteiger partial charge in [0.15, 0.2) is 6.29 Å². The van der Waals surface area contributed by atoms with Crippen molar-refractivity contribution in [2.45, 2.75) is 19.0 Å². The van der Waals surface area contributed by atoms with Crippen LogP contribution < -0.4 is 4.74 Å². The summed E-state index contributed by atoms with van der Waals surface area (Å²) < 4.78 is 83.1. The molecule has 0 saturated heterocycles. The first-order valence-corrected chi connectivity index (χ1v) is 9.00. The van der Waals surface area contributed by atoms with Gasteiger partial charge in [0.2, 0.25) is 0 Å². The minimum absolute atomic E-state index is 0.0711. The van der Waals surface area contributed by atoms with Crippen molar-refractivity contribution in [1.82, 2.24) is 0 Å². The minimum atomic E-state index is -4.92. The number of benzene rings is 2. The van der Waals surface area contributed by atoms with Crippen molar-refractivity contribution in [3.63, 3.8) is 0 Å². The Morgan fingerprint density at radius 2 is 1.55 bits per heavy atom. The van der Waals surface area contributed by atoms with Crippen LogP contribution in [-0.2, 0) is 19.0 Å². The first kappa shape index (κ1) is 20.9. The molecule has 0 N–H and O–H groups in total. The van der Waals surface area contributed by atoms with E-state index >= 15 is 0 Å². The van der Waals surface area contributed by atoms with Gasteiger partial charge in [0.1, 0.15) is 12.4 Å². The molecule has 0 atom stereocenters. The third-order valence-corrected chi connectivity index (χ3v) is 4.84. The zero-order valence-corrected chi connectivity index (χ0v) is 15.3. The van der Waals surface area contributed by atoms with Crippen molar-refractivity contribution in [2.24, 2.45) is 0 Å². The number of thiophene rings is 1. The highest BCUT2D eigenvalue weighted by Gasteiger charge is 2.36. The van der Waals surface area contributed by atoms with Gasteiger partial charge in [0, 0.05) is 5.56 Å². The zero-order chi connectivity index (χ0) is 21.2. The van der Waals surface area contributed by atoms with Gasteiger partial charge >= 0.3 is 12.4 Å². The standard InChI is InChI=1S/C20H12F6O2S/c21-19(22,23)14-6-12(7-15(9-14)20(24,25)26)11-28-16-3-1-2-13(8-16)17-4-5-29-18(17)10-27/h1-10H,11H2. The first-order valence-electron chi connectivity index (χ1n) is 8.12. The summed E-state index contributed by atoms with van der Waals surface area (Å²) in [5.74, 6) is 0.247. The SMILES string of the molecule is O=Cc1sccc1-c1cccc(OCc2cc(C(F)(F)F)cc(C(F)(F)F)c2)c1. The second kappa shape index (κ2) is 7.90. The first-order chi connectivity index (χ1) is 13.6. The van der Waals surface area contributed by atoms with E-state index in [-0.39, 0.29) is 17.4 Å². The Balaban J connectivity index is 1.86. The Morgan fingerprint density at radius 1 is 0.897 bits per heavy atom. The highest BCUT2D eigenvalue weighted by Crippen LogP contribution is 2.36. The molecular formula is C20H12F6O2S. The van der Waals surface area contributed by atoms with Crippen LogP contribution >= 0.6 is 11.3 Å². The molecule has 29 heavy (non-hydrogen) atoms. The van der Waals surface area contributed by atoms with Crippen LogP contribution in [0.1, 0.15) is 26.4 Å². The van der Waals surface area contributed by atoms with Gasteiger partial charge in [-0.05, 0) is 52.9 Å². The average Bonchev–Trinajstić information content (AvgIpc) is 3.14. The highest BCUT2D eigenvalue weighted by atomic mass is 32.1. The topological polar surface area (TPSA) is 26.3 Å². The molecule has 1 heterocycles. The second-order valence-electron chi connectivity index (χ2n) is 6.05. The van der Waals surface area contributed by atoms with Gasteiger partial charge < -0.3 is 4.74 Å². The molecule has 0 aliphatic carbocycles. The molecule has 0 spiro atoms. The van der Waals surface area contributed by atoms with E-state index in [0.29, 0.717) is 34.4 Å². The lowest BCUT2D eigenvalue weighted by molar-refractivity contribution is -0.143. The zero-order valence-electron chi connectivity index (χ0n) is 14.5.